The van der Waals surface area contributed by atoms with Gasteiger partial charge < -0.3 is 4.74 Å². The zero-order chi connectivity index (χ0) is 17.6. The van der Waals surface area contributed by atoms with Crippen molar-refractivity contribution in [2.75, 3.05) is 0 Å². The van der Waals surface area contributed by atoms with Crippen molar-refractivity contribution in [1.29, 1.82) is 0 Å². The van der Waals surface area contributed by atoms with E-state index in [0.717, 1.165) is 31.2 Å². The quantitative estimate of drug-likeness (QED) is 0.494. The molecule has 0 bridgehead atoms. The molecule has 0 aliphatic heterocycles. The van der Waals surface area contributed by atoms with Gasteiger partial charge in [-0.05, 0) is 42.7 Å². The fraction of sp³-hybridized carbons (Fsp3) is 0.412. The number of rotatable bonds is 8. The molecule has 130 valence electrons. The van der Waals surface area contributed by atoms with E-state index in [9.17, 15) is 17.6 Å². The maximum Gasteiger partial charge on any atom is 0.461 e. The predicted molar refractivity (Wildman–Crippen MR) is 82.3 cm³/mol. The maximum atomic E-state index is 12.8. The lowest BCUT2D eigenvalue weighted by Gasteiger charge is -2.16. The number of hydrogen-bond acceptors (Lipinski definition) is 3. The summed E-state index contributed by atoms with van der Waals surface area (Å²) in [4.78, 5) is 8.48. The Labute approximate surface area is 137 Å². The minimum atomic E-state index is -4.52. The number of unbranched alkanes of at least 4 members (excludes halogenated alkanes) is 2. The summed E-state index contributed by atoms with van der Waals surface area (Å²) in [6, 6.07) is 5.26. The first-order chi connectivity index (χ1) is 11.4. The van der Waals surface area contributed by atoms with Crippen molar-refractivity contribution < 1.29 is 22.3 Å². The highest BCUT2D eigenvalue weighted by Gasteiger charge is 2.43. The Bertz CT molecular complexity index is 630. The molecule has 0 fully saturated rings. The highest BCUT2D eigenvalue weighted by molar-refractivity contribution is 5.55. The van der Waals surface area contributed by atoms with Crippen molar-refractivity contribution >= 4 is 0 Å². The van der Waals surface area contributed by atoms with E-state index in [1.165, 1.54) is 24.3 Å². The number of alkyl halides is 4. The lowest BCUT2D eigenvalue weighted by Crippen LogP contribution is -2.33. The molecule has 2 aromatic rings. The summed E-state index contributed by atoms with van der Waals surface area (Å²) in [6.07, 6.45) is -0.683. The van der Waals surface area contributed by atoms with E-state index in [4.69, 9.17) is 0 Å². The standard InChI is InChI=1S/C17H18F4N2O/c1-2-3-4-5-12-10-22-15(23-11-12)13-6-8-14(9-7-13)24-17(20,21)16(18)19/h6-11,16H,2-5H2,1H3. The lowest BCUT2D eigenvalue weighted by atomic mass is 10.1. The molecule has 24 heavy (non-hydrogen) atoms. The Morgan fingerprint density at radius 3 is 2.21 bits per heavy atom. The molecular formula is C17H18F4N2O. The topological polar surface area (TPSA) is 35.0 Å². The molecule has 1 aromatic carbocycles. The summed E-state index contributed by atoms with van der Waals surface area (Å²) in [6.45, 7) is 2.13. The van der Waals surface area contributed by atoms with Crippen molar-refractivity contribution in [2.24, 2.45) is 0 Å². The van der Waals surface area contributed by atoms with Gasteiger partial charge >= 0.3 is 12.5 Å². The van der Waals surface area contributed by atoms with Crippen molar-refractivity contribution in [3.8, 4) is 17.1 Å². The maximum absolute atomic E-state index is 12.8. The summed E-state index contributed by atoms with van der Waals surface area (Å²) in [7, 11) is 0. The Balaban J connectivity index is 2.02. The van der Waals surface area contributed by atoms with Crippen LogP contribution in [-0.2, 0) is 6.42 Å². The fourth-order valence-electron chi connectivity index (χ4n) is 2.09. The lowest BCUT2D eigenvalue weighted by molar-refractivity contribution is -0.253. The summed E-state index contributed by atoms with van der Waals surface area (Å²) in [5.74, 6) is 0.0849. The van der Waals surface area contributed by atoms with Gasteiger partial charge in [0.05, 0.1) is 0 Å². The minimum Gasteiger partial charge on any atom is -0.428 e. The minimum absolute atomic E-state index is 0.347. The highest BCUT2D eigenvalue weighted by atomic mass is 19.3. The number of benzene rings is 1. The highest BCUT2D eigenvalue weighted by Crippen LogP contribution is 2.28. The van der Waals surface area contributed by atoms with E-state index < -0.39 is 12.5 Å². The number of aromatic nitrogens is 2. The second-order valence-corrected chi connectivity index (χ2v) is 5.36. The molecule has 0 spiro atoms. The van der Waals surface area contributed by atoms with Crippen LogP contribution in [0.25, 0.3) is 11.4 Å². The molecule has 0 saturated carbocycles. The third-order valence-corrected chi connectivity index (χ3v) is 3.39. The number of aryl methyl sites for hydroxylation is 1. The van der Waals surface area contributed by atoms with Crippen LogP contribution in [0.3, 0.4) is 0 Å². The zero-order valence-corrected chi connectivity index (χ0v) is 13.2. The van der Waals surface area contributed by atoms with Gasteiger partial charge in [-0.2, -0.15) is 17.6 Å². The molecule has 1 aromatic heterocycles. The fourth-order valence-corrected chi connectivity index (χ4v) is 2.09. The SMILES string of the molecule is CCCCCc1cnc(-c2ccc(OC(F)(F)C(F)F)cc2)nc1. The van der Waals surface area contributed by atoms with Gasteiger partial charge in [0, 0.05) is 18.0 Å². The molecule has 0 unspecified atom stereocenters. The molecule has 3 nitrogen and oxygen atoms in total. The van der Waals surface area contributed by atoms with Gasteiger partial charge in [-0.3, -0.25) is 0 Å². The van der Waals surface area contributed by atoms with Crippen LogP contribution >= 0.6 is 0 Å². The number of halogens is 4. The second kappa shape index (κ2) is 8.08. The molecule has 0 aliphatic carbocycles. The van der Waals surface area contributed by atoms with Crippen LogP contribution < -0.4 is 4.74 Å². The van der Waals surface area contributed by atoms with Gasteiger partial charge in [0.15, 0.2) is 5.82 Å². The molecule has 0 N–H and O–H groups in total. The van der Waals surface area contributed by atoms with Crippen LogP contribution in [0.4, 0.5) is 17.6 Å². The number of hydrogen-bond donors (Lipinski definition) is 0. The van der Waals surface area contributed by atoms with E-state index in [2.05, 4.69) is 21.6 Å². The van der Waals surface area contributed by atoms with Crippen LogP contribution in [0, 0.1) is 0 Å². The van der Waals surface area contributed by atoms with E-state index in [1.807, 2.05) is 0 Å². The van der Waals surface area contributed by atoms with Crippen LogP contribution in [0.2, 0.25) is 0 Å². The van der Waals surface area contributed by atoms with Gasteiger partial charge in [-0.25, -0.2) is 9.97 Å². The van der Waals surface area contributed by atoms with Crippen molar-refractivity contribution in [2.45, 2.75) is 45.1 Å². The van der Waals surface area contributed by atoms with Crippen LogP contribution in [0.1, 0.15) is 31.7 Å². The largest absolute Gasteiger partial charge is 0.461 e. The van der Waals surface area contributed by atoms with E-state index >= 15 is 0 Å². The Morgan fingerprint density at radius 2 is 1.67 bits per heavy atom. The first kappa shape index (κ1) is 18.2. The molecule has 1 heterocycles. The molecule has 7 heteroatoms. The molecule has 0 atom stereocenters. The molecule has 2 rings (SSSR count). The van der Waals surface area contributed by atoms with Gasteiger partial charge in [0.25, 0.3) is 0 Å². The van der Waals surface area contributed by atoms with Crippen molar-refractivity contribution in [1.82, 2.24) is 9.97 Å². The van der Waals surface area contributed by atoms with Crippen LogP contribution in [0.15, 0.2) is 36.7 Å². The summed E-state index contributed by atoms with van der Waals surface area (Å²) in [5, 5.41) is 0. The second-order valence-electron chi connectivity index (χ2n) is 5.36. The third kappa shape index (κ3) is 4.91. The summed E-state index contributed by atoms with van der Waals surface area (Å²) in [5.41, 5.74) is 1.62. The van der Waals surface area contributed by atoms with E-state index in [1.54, 1.807) is 12.4 Å². The monoisotopic (exact) mass is 342 g/mol. The van der Waals surface area contributed by atoms with Crippen LogP contribution in [-0.4, -0.2) is 22.5 Å². The van der Waals surface area contributed by atoms with Gasteiger partial charge in [-0.1, -0.05) is 19.8 Å². The molecular weight excluding hydrogens is 324 g/mol. The smallest absolute Gasteiger partial charge is 0.428 e. The van der Waals surface area contributed by atoms with E-state index in [0.29, 0.717) is 11.4 Å². The normalized spacial score (nSPS) is 11.8. The number of nitrogens with zero attached hydrogens (tertiary/aromatic N) is 2. The third-order valence-electron chi connectivity index (χ3n) is 3.39. The summed E-state index contributed by atoms with van der Waals surface area (Å²) >= 11 is 0. The van der Waals surface area contributed by atoms with Gasteiger partial charge in [-0.15, -0.1) is 0 Å². The average molecular weight is 342 g/mol. The molecule has 0 saturated heterocycles. The Morgan fingerprint density at radius 1 is 1.04 bits per heavy atom. The number of ether oxygens (including phenoxy) is 1. The first-order valence-corrected chi connectivity index (χ1v) is 7.68. The zero-order valence-electron chi connectivity index (χ0n) is 13.2. The Hall–Kier alpha value is -2.18. The van der Waals surface area contributed by atoms with Crippen LogP contribution in [0.5, 0.6) is 5.75 Å². The average Bonchev–Trinajstić information content (AvgIpc) is 2.56. The van der Waals surface area contributed by atoms with E-state index in [-0.39, 0.29) is 5.75 Å². The van der Waals surface area contributed by atoms with Gasteiger partial charge in [0.1, 0.15) is 5.75 Å². The molecule has 0 aliphatic rings. The summed E-state index contributed by atoms with van der Waals surface area (Å²) < 4.78 is 53.9. The Kier molecular flexibility index (Phi) is 6.11. The predicted octanol–water partition coefficient (Wildman–Crippen LogP) is 5.11. The van der Waals surface area contributed by atoms with Gasteiger partial charge in [0.2, 0.25) is 0 Å². The van der Waals surface area contributed by atoms with Crippen molar-refractivity contribution in [3.05, 3.63) is 42.2 Å². The molecule has 0 amide bonds. The molecule has 0 radical (unpaired) electrons. The first-order valence-electron chi connectivity index (χ1n) is 7.68. The van der Waals surface area contributed by atoms with Crippen molar-refractivity contribution in [3.63, 3.8) is 0 Å².